The molecule has 0 atom stereocenters. The van der Waals surface area contributed by atoms with Gasteiger partial charge >= 0.3 is 0 Å². The fraction of sp³-hybridized carbons (Fsp3) is 0.556. The van der Waals surface area contributed by atoms with Crippen LogP contribution in [0.15, 0.2) is 24.3 Å². The van der Waals surface area contributed by atoms with Gasteiger partial charge in [0.05, 0.1) is 13.2 Å². The van der Waals surface area contributed by atoms with E-state index in [0.29, 0.717) is 19.6 Å². The van der Waals surface area contributed by atoms with Gasteiger partial charge in [-0.3, -0.25) is 0 Å². The molecule has 0 saturated heterocycles. The molecule has 0 spiro atoms. The number of ether oxygens (including phenoxy) is 2. The van der Waals surface area contributed by atoms with E-state index in [1.807, 2.05) is 24.3 Å². The van der Waals surface area contributed by atoms with Gasteiger partial charge in [0, 0.05) is 18.6 Å². The summed E-state index contributed by atoms with van der Waals surface area (Å²) in [6.07, 6.45) is 2.82. The summed E-state index contributed by atoms with van der Waals surface area (Å²) in [5.41, 5.74) is 0.931. The van der Waals surface area contributed by atoms with Gasteiger partial charge in [0.2, 0.25) is 0 Å². The van der Waals surface area contributed by atoms with Crippen LogP contribution in [0.5, 0.6) is 5.75 Å². The molecule has 3 heteroatoms. The highest BCUT2D eigenvalue weighted by atomic mass is 16.5. The number of hydrogen-bond donors (Lipinski definition) is 1. The van der Waals surface area contributed by atoms with Crippen molar-refractivity contribution in [1.29, 1.82) is 0 Å². The van der Waals surface area contributed by atoms with Gasteiger partial charge in [0.1, 0.15) is 12.4 Å². The number of aliphatic hydroxyl groups is 1. The highest BCUT2D eigenvalue weighted by Crippen LogP contribution is 2.11. The summed E-state index contributed by atoms with van der Waals surface area (Å²) in [7, 11) is 0. The van der Waals surface area contributed by atoms with Crippen molar-refractivity contribution in [1.82, 2.24) is 0 Å². The predicted octanol–water partition coefficient (Wildman–Crippen LogP) is 3.25. The first kappa shape index (κ1) is 17.6. The molecule has 3 nitrogen and oxygen atoms in total. The lowest BCUT2D eigenvalue weighted by atomic mass is 10.1. The van der Waals surface area contributed by atoms with E-state index in [-0.39, 0.29) is 6.61 Å². The molecule has 0 radical (unpaired) electrons. The van der Waals surface area contributed by atoms with Crippen molar-refractivity contribution in [3.63, 3.8) is 0 Å². The summed E-state index contributed by atoms with van der Waals surface area (Å²) in [4.78, 5) is 0. The van der Waals surface area contributed by atoms with Gasteiger partial charge in [-0.05, 0) is 43.0 Å². The normalized spacial score (nSPS) is 10.3. The minimum absolute atomic E-state index is 0.103. The number of hydrogen-bond acceptors (Lipinski definition) is 3. The van der Waals surface area contributed by atoms with Crippen molar-refractivity contribution in [2.45, 2.75) is 33.1 Å². The van der Waals surface area contributed by atoms with E-state index < -0.39 is 0 Å². The van der Waals surface area contributed by atoms with Gasteiger partial charge in [-0.2, -0.15) is 0 Å². The minimum atomic E-state index is 0.103. The zero-order valence-electron chi connectivity index (χ0n) is 13.1. The molecule has 1 aromatic carbocycles. The van der Waals surface area contributed by atoms with Gasteiger partial charge < -0.3 is 14.6 Å². The summed E-state index contributed by atoms with van der Waals surface area (Å²) in [5.74, 6) is 7.44. The first-order valence-electron chi connectivity index (χ1n) is 7.62. The molecule has 116 valence electrons. The molecular formula is C18H26O3. The lowest BCUT2D eigenvalue weighted by Crippen LogP contribution is -2.07. The Hall–Kier alpha value is -1.50. The van der Waals surface area contributed by atoms with Crippen LogP contribution in [0.25, 0.3) is 0 Å². The molecule has 0 saturated carbocycles. The zero-order valence-corrected chi connectivity index (χ0v) is 13.1. The van der Waals surface area contributed by atoms with Crippen molar-refractivity contribution >= 4 is 0 Å². The van der Waals surface area contributed by atoms with E-state index in [2.05, 4.69) is 25.7 Å². The third-order valence-electron chi connectivity index (χ3n) is 2.89. The zero-order chi connectivity index (χ0) is 15.3. The highest BCUT2D eigenvalue weighted by molar-refractivity contribution is 5.38. The molecule has 0 unspecified atom stereocenters. The Bertz CT molecular complexity index is 426. The Balaban J connectivity index is 2.14. The third kappa shape index (κ3) is 9.12. The van der Waals surface area contributed by atoms with Crippen LogP contribution in [0.2, 0.25) is 0 Å². The summed E-state index contributed by atoms with van der Waals surface area (Å²) in [6.45, 7) is 6.54. The van der Waals surface area contributed by atoms with E-state index in [1.54, 1.807) is 0 Å². The molecule has 0 aliphatic heterocycles. The van der Waals surface area contributed by atoms with E-state index in [0.717, 1.165) is 30.3 Å². The number of benzene rings is 1. The summed E-state index contributed by atoms with van der Waals surface area (Å²) in [6, 6.07) is 7.65. The molecular weight excluding hydrogens is 264 g/mol. The topological polar surface area (TPSA) is 38.7 Å². The smallest absolute Gasteiger partial charge is 0.119 e. The van der Waals surface area contributed by atoms with E-state index >= 15 is 0 Å². The van der Waals surface area contributed by atoms with Gasteiger partial charge in [-0.1, -0.05) is 25.7 Å². The quantitative estimate of drug-likeness (QED) is 0.560. The number of rotatable bonds is 9. The average Bonchev–Trinajstić information content (AvgIpc) is 2.48. The SMILES string of the molecule is CC(C)CCCOCCOc1ccc(C#CCCO)cc1. The maximum Gasteiger partial charge on any atom is 0.119 e. The second-order valence-corrected chi connectivity index (χ2v) is 5.30. The van der Waals surface area contributed by atoms with E-state index in [9.17, 15) is 0 Å². The Morgan fingerprint density at radius 3 is 2.52 bits per heavy atom. The van der Waals surface area contributed by atoms with Crippen LogP contribution in [-0.4, -0.2) is 31.5 Å². The predicted molar refractivity (Wildman–Crippen MR) is 85.4 cm³/mol. The van der Waals surface area contributed by atoms with Gasteiger partial charge in [-0.15, -0.1) is 0 Å². The lowest BCUT2D eigenvalue weighted by Gasteiger charge is -2.08. The molecule has 21 heavy (non-hydrogen) atoms. The van der Waals surface area contributed by atoms with Crippen LogP contribution in [-0.2, 0) is 4.74 Å². The standard InChI is InChI=1S/C18H26O3/c1-16(2)6-5-13-20-14-15-21-18-10-8-17(9-11-18)7-3-4-12-19/h8-11,16,19H,4-6,12-15H2,1-2H3. The second-order valence-electron chi connectivity index (χ2n) is 5.30. The van der Waals surface area contributed by atoms with Crippen LogP contribution < -0.4 is 4.74 Å². The molecule has 1 rings (SSSR count). The molecule has 0 fully saturated rings. The second kappa shape index (κ2) is 11.2. The molecule has 1 aromatic rings. The molecule has 0 amide bonds. The first-order valence-corrected chi connectivity index (χ1v) is 7.62. The van der Waals surface area contributed by atoms with Crippen LogP contribution in [0, 0.1) is 17.8 Å². The molecule has 0 bridgehead atoms. The summed E-state index contributed by atoms with van der Waals surface area (Å²) in [5, 5.41) is 8.66. The molecule has 0 aliphatic rings. The van der Waals surface area contributed by atoms with Crippen molar-refractivity contribution in [2.24, 2.45) is 5.92 Å². The highest BCUT2D eigenvalue weighted by Gasteiger charge is 1.96. The molecule has 0 heterocycles. The average molecular weight is 290 g/mol. The van der Waals surface area contributed by atoms with Crippen molar-refractivity contribution in [3.05, 3.63) is 29.8 Å². The minimum Gasteiger partial charge on any atom is -0.491 e. The monoisotopic (exact) mass is 290 g/mol. The lowest BCUT2D eigenvalue weighted by molar-refractivity contribution is 0.0957. The Morgan fingerprint density at radius 2 is 1.86 bits per heavy atom. The largest absolute Gasteiger partial charge is 0.491 e. The van der Waals surface area contributed by atoms with Crippen LogP contribution >= 0.6 is 0 Å². The van der Waals surface area contributed by atoms with Crippen molar-refractivity contribution < 1.29 is 14.6 Å². The van der Waals surface area contributed by atoms with Gasteiger partial charge in [0.25, 0.3) is 0 Å². The van der Waals surface area contributed by atoms with Crippen LogP contribution in [0.3, 0.4) is 0 Å². The Morgan fingerprint density at radius 1 is 1.10 bits per heavy atom. The first-order chi connectivity index (χ1) is 10.2. The van der Waals surface area contributed by atoms with Crippen LogP contribution in [0.1, 0.15) is 38.7 Å². The summed E-state index contributed by atoms with van der Waals surface area (Å²) >= 11 is 0. The Kier molecular flexibility index (Phi) is 9.35. The van der Waals surface area contributed by atoms with Crippen LogP contribution in [0.4, 0.5) is 0 Å². The van der Waals surface area contributed by atoms with E-state index in [4.69, 9.17) is 14.6 Å². The van der Waals surface area contributed by atoms with Gasteiger partial charge in [-0.25, -0.2) is 0 Å². The van der Waals surface area contributed by atoms with E-state index in [1.165, 1.54) is 6.42 Å². The maximum absolute atomic E-state index is 8.66. The molecule has 0 aromatic heterocycles. The Labute approximate surface area is 128 Å². The fourth-order valence-corrected chi connectivity index (χ4v) is 1.77. The molecule has 1 N–H and O–H groups in total. The fourth-order valence-electron chi connectivity index (χ4n) is 1.77. The number of aliphatic hydroxyl groups excluding tert-OH is 1. The summed E-state index contributed by atoms with van der Waals surface area (Å²) < 4.78 is 11.1. The third-order valence-corrected chi connectivity index (χ3v) is 2.89. The van der Waals surface area contributed by atoms with Gasteiger partial charge in [0.15, 0.2) is 0 Å². The van der Waals surface area contributed by atoms with Crippen molar-refractivity contribution in [2.75, 3.05) is 26.4 Å². The van der Waals surface area contributed by atoms with Crippen molar-refractivity contribution in [3.8, 4) is 17.6 Å². The molecule has 0 aliphatic carbocycles. The maximum atomic E-state index is 8.66.